The average Bonchev–Trinajstić information content (AvgIpc) is 2.51. The molecule has 1 N–H and O–H groups in total. The predicted molar refractivity (Wildman–Crippen MR) is 88.7 cm³/mol. The second kappa shape index (κ2) is 9.19. The normalized spacial score (nSPS) is 23.3. The van der Waals surface area contributed by atoms with E-state index < -0.39 is 0 Å². The average molecular weight is 290 g/mol. The summed E-state index contributed by atoms with van der Waals surface area (Å²) in [5.41, 5.74) is 1.44. The summed E-state index contributed by atoms with van der Waals surface area (Å²) in [6.45, 7) is 6.56. The molecule has 1 aromatic rings. The zero-order chi connectivity index (χ0) is 14.9. The van der Waals surface area contributed by atoms with E-state index in [1.54, 1.807) is 7.11 Å². The first-order valence-electron chi connectivity index (χ1n) is 8.33. The van der Waals surface area contributed by atoms with Gasteiger partial charge in [0.25, 0.3) is 0 Å². The van der Waals surface area contributed by atoms with Gasteiger partial charge >= 0.3 is 0 Å². The van der Waals surface area contributed by atoms with Crippen LogP contribution >= 0.6 is 0 Å². The van der Waals surface area contributed by atoms with Crippen molar-refractivity contribution in [2.75, 3.05) is 33.4 Å². The van der Waals surface area contributed by atoms with Gasteiger partial charge < -0.3 is 10.1 Å². The molecule has 3 nitrogen and oxygen atoms in total. The molecule has 2 atom stereocenters. The highest BCUT2D eigenvalue weighted by molar-refractivity contribution is 5.16. The standard InChI is InChI=1S/C18H30N2O/c1-3-8-17-15-20(11-7-12-21-2)18(14-19-17)13-16-9-5-4-6-10-16/h4-6,9-10,17-19H,3,7-8,11-15H2,1-2H3. The van der Waals surface area contributed by atoms with Crippen molar-refractivity contribution in [2.24, 2.45) is 0 Å². The van der Waals surface area contributed by atoms with Crippen molar-refractivity contribution in [3.8, 4) is 0 Å². The minimum absolute atomic E-state index is 0.609. The fourth-order valence-corrected chi connectivity index (χ4v) is 3.24. The SMILES string of the molecule is CCCC1CN(CCCOC)C(Cc2ccccc2)CN1. The van der Waals surface area contributed by atoms with Crippen LogP contribution in [0.25, 0.3) is 0 Å². The summed E-state index contributed by atoms with van der Waals surface area (Å²) in [6.07, 6.45) is 4.80. The molecule has 3 heteroatoms. The van der Waals surface area contributed by atoms with Gasteiger partial charge in [0.15, 0.2) is 0 Å². The van der Waals surface area contributed by atoms with Crippen LogP contribution in [0.5, 0.6) is 0 Å². The molecule has 1 aliphatic heterocycles. The van der Waals surface area contributed by atoms with Crippen molar-refractivity contribution in [1.29, 1.82) is 0 Å². The molecule has 21 heavy (non-hydrogen) atoms. The first-order valence-corrected chi connectivity index (χ1v) is 8.33. The van der Waals surface area contributed by atoms with E-state index in [2.05, 4.69) is 47.5 Å². The molecule has 1 saturated heterocycles. The Kier molecular flexibility index (Phi) is 7.20. The number of benzene rings is 1. The third-order valence-electron chi connectivity index (χ3n) is 4.36. The van der Waals surface area contributed by atoms with Crippen LogP contribution in [0.2, 0.25) is 0 Å². The lowest BCUT2D eigenvalue weighted by Gasteiger charge is -2.40. The van der Waals surface area contributed by atoms with Gasteiger partial charge in [-0.3, -0.25) is 4.90 Å². The number of hydrogen-bond donors (Lipinski definition) is 1. The van der Waals surface area contributed by atoms with Crippen LogP contribution in [0.3, 0.4) is 0 Å². The largest absolute Gasteiger partial charge is 0.385 e. The highest BCUT2D eigenvalue weighted by Crippen LogP contribution is 2.15. The molecule has 0 amide bonds. The fraction of sp³-hybridized carbons (Fsp3) is 0.667. The van der Waals surface area contributed by atoms with Crippen molar-refractivity contribution in [1.82, 2.24) is 10.2 Å². The summed E-state index contributed by atoms with van der Waals surface area (Å²) in [6, 6.07) is 12.1. The van der Waals surface area contributed by atoms with Crippen molar-refractivity contribution in [2.45, 2.75) is 44.7 Å². The van der Waals surface area contributed by atoms with Crippen LogP contribution in [-0.4, -0.2) is 50.3 Å². The molecule has 0 bridgehead atoms. The Labute approximate surface area is 129 Å². The number of nitrogens with zero attached hydrogens (tertiary/aromatic N) is 1. The number of hydrogen-bond acceptors (Lipinski definition) is 3. The number of nitrogens with one attached hydrogen (secondary N) is 1. The third-order valence-corrected chi connectivity index (χ3v) is 4.36. The lowest BCUT2D eigenvalue weighted by Crippen LogP contribution is -2.57. The molecule has 2 rings (SSSR count). The van der Waals surface area contributed by atoms with Gasteiger partial charge in [0.1, 0.15) is 0 Å². The van der Waals surface area contributed by atoms with Gasteiger partial charge in [-0.1, -0.05) is 43.7 Å². The molecule has 0 aromatic heterocycles. The minimum Gasteiger partial charge on any atom is -0.385 e. The van der Waals surface area contributed by atoms with Gasteiger partial charge in [-0.2, -0.15) is 0 Å². The van der Waals surface area contributed by atoms with Crippen LogP contribution < -0.4 is 5.32 Å². The smallest absolute Gasteiger partial charge is 0.0474 e. The van der Waals surface area contributed by atoms with Gasteiger partial charge in [0, 0.05) is 45.4 Å². The fourth-order valence-electron chi connectivity index (χ4n) is 3.24. The van der Waals surface area contributed by atoms with Gasteiger partial charge in [0.05, 0.1) is 0 Å². The van der Waals surface area contributed by atoms with Crippen LogP contribution in [-0.2, 0) is 11.2 Å². The number of rotatable bonds is 8. The van der Waals surface area contributed by atoms with E-state index in [0.29, 0.717) is 12.1 Å². The van der Waals surface area contributed by atoms with Gasteiger partial charge in [0.2, 0.25) is 0 Å². The second-order valence-corrected chi connectivity index (χ2v) is 6.08. The van der Waals surface area contributed by atoms with E-state index in [9.17, 15) is 0 Å². The van der Waals surface area contributed by atoms with Gasteiger partial charge in [-0.25, -0.2) is 0 Å². The Balaban J connectivity index is 1.92. The highest BCUT2D eigenvalue weighted by atomic mass is 16.5. The maximum Gasteiger partial charge on any atom is 0.0474 e. The lowest BCUT2D eigenvalue weighted by atomic mass is 9.99. The molecule has 118 valence electrons. The number of ether oxygens (including phenoxy) is 1. The molecule has 0 aliphatic carbocycles. The summed E-state index contributed by atoms with van der Waals surface area (Å²) >= 11 is 0. The molecule has 1 aliphatic rings. The Morgan fingerprint density at radius 1 is 1.29 bits per heavy atom. The van der Waals surface area contributed by atoms with Crippen molar-refractivity contribution in [3.63, 3.8) is 0 Å². The summed E-state index contributed by atoms with van der Waals surface area (Å²) < 4.78 is 5.22. The topological polar surface area (TPSA) is 24.5 Å². The first kappa shape index (κ1) is 16.5. The zero-order valence-corrected chi connectivity index (χ0v) is 13.6. The molecule has 1 fully saturated rings. The molecular formula is C18H30N2O. The molecule has 1 aromatic carbocycles. The molecule has 2 unspecified atom stereocenters. The zero-order valence-electron chi connectivity index (χ0n) is 13.6. The predicted octanol–water partition coefficient (Wildman–Crippen LogP) is 2.71. The molecular weight excluding hydrogens is 260 g/mol. The minimum atomic E-state index is 0.609. The Bertz CT molecular complexity index is 382. The summed E-state index contributed by atoms with van der Waals surface area (Å²) in [5, 5.41) is 3.74. The molecule has 0 radical (unpaired) electrons. The van der Waals surface area contributed by atoms with Gasteiger partial charge in [-0.05, 0) is 24.8 Å². The Morgan fingerprint density at radius 2 is 2.10 bits per heavy atom. The quantitative estimate of drug-likeness (QED) is 0.745. The summed E-state index contributed by atoms with van der Waals surface area (Å²) in [7, 11) is 1.79. The maximum atomic E-state index is 5.22. The second-order valence-electron chi connectivity index (χ2n) is 6.08. The summed E-state index contributed by atoms with van der Waals surface area (Å²) in [4.78, 5) is 2.67. The maximum absolute atomic E-state index is 5.22. The number of piperazine rings is 1. The van der Waals surface area contributed by atoms with E-state index >= 15 is 0 Å². The van der Waals surface area contributed by atoms with Crippen LogP contribution in [0.4, 0.5) is 0 Å². The van der Waals surface area contributed by atoms with Crippen molar-refractivity contribution < 1.29 is 4.74 Å². The van der Waals surface area contributed by atoms with E-state index in [4.69, 9.17) is 4.74 Å². The molecule has 0 saturated carbocycles. The van der Waals surface area contributed by atoms with Crippen LogP contribution in [0, 0.1) is 0 Å². The van der Waals surface area contributed by atoms with E-state index in [1.165, 1.54) is 24.9 Å². The van der Waals surface area contributed by atoms with E-state index in [0.717, 1.165) is 32.5 Å². The highest BCUT2D eigenvalue weighted by Gasteiger charge is 2.26. The van der Waals surface area contributed by atoms with Gasteiger partial charge in [-0.15, -0.1) is 0 Å². The molecule has 1 heterocycles. The third kappa shape index (κ3) is 5.42. The molecule has 0 spiro atoms. The van der Waals surface area contributed by atoms with E-state index in [-0.39, 0.29) is 0 Å². The monoisotopic (exact) mass is 290 g/mol. The van der Waals surface area contributed by atoms with Crippen molar-refractivity contribution >= 4 is 0 Å². The lowest BCUT2D eigenvalue weighted by molar-refractivity contribution is 0.107. The van der Waals surface area contributed by atoms with Crippen LogP contribution in [0.1, 0.15) is 31.7 Å². The Morgan fingerprint density at radius 3 is 2.81 bits per heavy atom. The van der Waals surface area contributed by atoms with Crippen molar-refractivity contribution in [3.05, 3.63) is 35.9 Å². The first-order chi connectivity index (χ1) is 10.3. The van der Waals surface area contributed by atoms with Crippen LogP contribution in [0.15, 0.2) is 30.3 Å². The number of methoxy groups -OCH3 is 1. The van der Waals surface area contributed by atoms with E-state index in [1.807, 2.05) is 0 Å². The Hall–Kier alpha value is -0.900. The summed E-state index contributed by atoms with van der Waals surface area (Å²) in [5.74, 6) is 0.